The van der Waals surface area contributed by atoms with Crippen molar-refractivity contribution in [2.75, 3.05) is 5.75 Å². The molecule has 0 saturated heterocycles. The minimum absolute atomic E-state index is 0.0880. The van der Waals surface area contributed by atoms with Crippen LogP contribution in [0.5, 0.6) is 5.88 Å². The van der Waals surface area contributed by atoms with Crippen LogP contribution < -0.4 is 0 Å². The fourth-order valence-corrected chi connectivity index (χ4v) is 4.35. The van der Waals surface area contributed by atoms with Gasteiger partial charge in [0.1, 0.15) is 0 Å². The molecule has 0 unspecified atom stereocenters. The average molecular weight is 442 g/mol. The largest absolute Gasteiger partial charge is 0.493 e. The number of fused-ring (bicyclic) bond motifs is 2. The number of nitrogens with one attached hydrogen (secondary N) is 1. The molecule has 2 N–H and O–H groups in total. The SMILES string of the molecule is O=C(CSc1nc2ccccc2n1Cc1ccccc1)N=Nc1c(O)[nH]c2ccccc12. The van der Waals surface area contributed by atoms with Gasteiger partial charge in [0.05, 0.1) is 28.8 Å². The molecule has 8 heteroatoms. The molecule has 3 aromatic carbocycles. The van der Waals surface area contributed by atoms with Gasteiger partial charge < -0.3 is 14.7 Å². The summed E-state index contributed by atoms with van der Waals surface area (Å²) in [6.45, 7) is 0.655. The Kier molecular flexibility index (Phi) is 5.43. The molecule has 7 nitrogen and oxygen atoms in total. The normalized spacial score (nSPS) is 11.6. The number of aromatic hydroxyl groups is 1. The summed E-state index contributed by atoms with van der Waals surface area (Å²) in [5.41, 5.74) is 4.03. The van der Waals surface area contributed by atoms with Gasteiger partial charge in [-0.2, -0.15) is 0 Å². The van der Waals surface area contributed by atoms with Gasteiger partial charge >= 0.3 is 0 Å². The maximum absolute atomic E-state index is 12.4. The highest BCUT2D eigenvalue weighted by Crippen LogP contribution is 2.35. The van der Waals surface area contributed by atoms with Crippen molar-refractivity contribution < 1.29 is 9.90 Å². The lowest BCUT2D eigenvalue weighted by atomic mass is 10.2. The van der Waals surface area contributed by atoms with Gasteiger partial charge in [0, 0.05) is 5.39 Å². The Balaban J connectivity index is 1.35. The van der Waals surface area contributed by atoms with E-state index in [1.54, 1.807) is 0 Å². The number of nitrogens with zero attached hydrogens (tertiary/aromatic N) is 4. The Morgan fingerprint density at radius 3 is 2.62 bits per heavy atom. The first-order valence-electron chi connectivity index (χ1n) is 10.1. The standard InChI is InChI=1S/C24H19N5O2S/c30-21(27-28-22-17-10-4-5-11-18(17)25-23(22)31)15-32-24-26-19-12-6-7-13-20(19)29(24)14-16-8-2-1-3-9-16/h1-13,25,31H,14-15H2. The van der Waals surface area contributed by atoms with Crippen LogP contribution in [0.25, 0.3) is 21.9 Å². The molecule has 5 rings (SSSR count). The summed E-state index contributed by atoms with van der Waals surface area (Å²) >= 11 is 1.32. The average Bonchev–Trinajstić information content (AvgIpc) is 3.33. The third-order valence-electron chi connectivity index (χ3n) is 5.05. The fraction of sp³-hybridized carbons (Fsp3) is 0.0833. The van der Waals surface area contributed by atoms with Crippen LogP contribution in [0.2, 0.25) is 0 Å². The van der Waals surface area contributed by atoms with Gasteiger partial charge in [-0.05, 0) is 23.8 Å². The summed E-state index contributed by atoms with van der Waals surface area (Å²) in [6.07, 6.45) is 0. The monoisotopic (exact) mass is 441 g/mol. The number of hydrogen-bond donors (Lipinski definition) is 2. The van der Waals surface area contributed by atoms with Crippen molar-refractivity contribution in [1.29, 1.82) is 0 Å². The lowest BCUT2D eigenvalue weighted by molar-refractivity contribution is -0.115. The number of hydrogen-bond acceptors (Lipinski definition) is 5. The number of azo groups is 1. The van der Waals surface area contributed by atoms with E-state index in [1.807, 2.05) is 66.7 Å². The van der Waals surface area contributed by atoms with E-state index in [2.05, 4.69) is 31.9 Å². The van der Waals surface area contributed by atoms with Crippen molar-refractivity contribution in [1.82, 2.24) is 14.5 Å². The van der Waals surface area contributed by atoms with E-state index < -0.39 is 5.91 Å². The zero-order valence-electron chi connectivity index (χ0n) is 17.0. The zero-order valence-corrected chi connectivity index (χ0v) is 17.8. The number of rotatable bonds is 6. The molecule has 0 aliphatic heterocycles. The summed E-state index contributed by atoms with van der Waals surface area (Å²) in [5, 5.41) is 19.3. The minimum Gasteiger partial charge on any atom is -0.493 e. The Morgan fingerprint density at radius 1 is 1.00 bits per heavy atom. The Labute approximate surface area is 187 Å². The van der Waals surface area contributed by atoms with Crippen LogP contribution in [-0.2, 0) is 11.3 Å². The van der Waals surface area contributed by atoms with Gasteiger partial charge in [-0.25, -0.2) is 4.98 Å². The highest BCUT2D eigenvalue weighted by atomic mass is 32.2. The molecule has 0 bridgehead atoms. The lowest BCUT2D eigenvalue weighted by Crippen LogP contribution is -2.03. The number of thioether (sulfide) groups is 1. The molecule has 0 fully saturated rings. The molecule has 1 amide bonds. The van der Waals surface area contributed by atoms with Crippen LogP contribution in [0.4, 0.5) is 5.69 Å². The van der Waals surface area contributed by atoms with Gasteiger partial charge in [-0.15, -0.1) is 10.2 Å². The second-order valence-electron chi connectivity index (χ2n) is 7.21. The number of aromatic amines is 1. The van der Waals surface area contributed by atoms with Gasteiger partial charge in [-0.3, -0.25) is 4.79 Å². The molecular formula is C24H19N5O2S. The summed E-state index contributed by atoms with van der Waals surface area (Å²) in [6, 6.07) is 25.4. The van der Waals surface area contributed by atoms with Crippen LogP contribution >= 0.6 is 11.8 Å². The maximum Gasteiger partial charge on any atom is 0.275 e. The molecule has 0 atom stereocenters. The number of H-pyrrole nitrogens is 1. The molecule has 0 saturated carbocycles. The third-order valence-corrected chi connectivity index (χ3v) is 6.01. The van der Waals surface area contributed by atoms with E-state index in [9.17, 15) is 9.90 Å². The van der Waals surface area contributed by atoms with Gasteiger partial charge in [0.25, 0.3) is 5.91 Å². The first-order valence-corrected chi connectivity index (χ1v) is 11.0. The quantitative estimate of drug-likeness (QED) is 0.262. The van der Waals surface area contributed by atoms with Crippen LogP contribution in [0.3, 0.4) is 0 Å². The fourth-order valence-electron chi connectivity index (χ4n) is 3.56. The molecule has 0 radical (unpaired) electrons. The van der Waals surface area contributed by atoms with Crippen LogP contribution in [0.15, 0.2) is 94.2 Å². The number of benzene rings is 3. The topological polar surface area (TPSA) is 95.6 Å². The minimum atomic E-state index is -0.405. The maximum atomic E-state index is 12.4. The number of amides is 1. The van der Waals surface area contributed by atoms with Crippen molar-refractivity contribution in [2.24, 2.45) is 10.2 Å². The summed E-state index contributed by atoms with van der Waals surface area (Å²) in [4.78, 5) is 20.0. The van der Waals surface area contributed by atoms with Gasteiger partial charge in [0.15, 0.2) is 10.8 Å². The Morgan fingerprint density at radius 2 is 1.75 bits per heavy atom. The van der Waals surface area contributed by atoms with E-state index >= 15 is 0 Å². The number of para-hydroxylation sites is 3. The first-order chi connectivity index (χ1) is 15.7. The highest BCUT2D eigenvalue weighted by Gasteiger charge is 2.14. The van der Waals surface area contributed by atoms with Crippen molar-refractivity contribution in [3.8, 4) is 5.88 Å². The molecule has 0 aliphatic rings. The van der Waals surface area contributed by atoms with Gasteiger partial charge in [0.2, 0.25) is 5.88 Å². The van der Waals surface area contributed by atoms with Crippen molar-refractivity contribution in [3.63, 3.8) is 0 Å². The number of aromatic nitrogens is 3. The molecule has 2 aromatic heterocycles. The molecule has 158 valence electrons. The van der Waals surface area contributed by atoms with E-state index in [-0.39, 0.29) is 17.3 Å². The van der Waals surface area contributed by atoms with E-state index in [4.69, 9.17) is 4.98 Å². The number of carbonyl (C=O) groups excluding carboxylic acids is 1. The molecular weight excluding hydrogens is 422 g/mol. The Bertz CT molecular complexity index is 1440. The number of imidazole rings is 1. The summed E-state index contributed by atoms with van der Waals surface area (Å²) in [5.74, 6) is -0.428. The highest BCUT2D eigenvalue weighted by molar-refractivity contribution is 7.99. The van der Waals surface area contributed by atoms with E-state index in [0.29, 0.717) is 11.9 Å². The van der Waals surface area contributed by atoms with Crippen LogP contribution in [-0.4, -0.2) is 31.3 Å². The third kappa shape index (κ3) is 4.00. The Hall–Kier alpha value is -3.91. The first kappa shape index (κ1) is 20.0. The summed E-state index contributed by atoms with van der Waals surface area (Å²) < 4.78 is 2.10. The van der Waals surface area contributed by atoms with Crippen molar-refractivity contribution >= 4 is 45.3 Å². The van der Waals surface area contributed by atoms with Crippen molar-refractivity contribution in [3.05, 3.63) is 84.4 Å². The predicted octanol–water partition coefficient (Wildman–Crippen LogP) is 5.67. The molecule has 2 heterocycles. The predicted molar refractivity (Wildman–Crippen MR) is 125 cm³/mol. The zero-order chi connectivity index (χ0) is 21.9. The van der Waals surface area contributed by atoms with Crippen LogP contribution in [0, 0.1) is 0 Å². The summed E-state index contributed by atoms with van der Waals surface area (Å²) in [7, 11) is 0. The van der Waals surface area contributed by atoms with E-state index in [0.717, 1.165) is 27.3 Å². The molecule has 0 aliphatic carbocycles. The van der Waals surface area contributed by atoms with Crippen LogP contribution in [0.1, 0.15) is 5.56 Å². The van der Waals surface area contributed by atoms with E-state index in [1.165, 1.54) is 11.8 Å². The number of carbonyl (C=O) groups is 1. The second-order valence-corrected chi connectivity index (χ2v) is 8.15. The lowest BCUT2D eigenvalue weighted by Gasteiger charge is -2.08. The second kappa shape index (κ2) is 8.68. The van der Waals surface area contributed by atoms with Crippen molar-refractivity contribution in [2.45, 2.75) is 11.7 Å². The smallest absolute Gasteiger partial charge is 0.275 e. The van der Waals surface area contributed by atoms with Gasteiger partial charge in [-0.1, -0.05) is 72.4 Å². The molecule has 5 aromatic rings. The molecule has 0 spiro atoms. The molecule has 32 heavy (non-hydrogen) atoms.